The highest BCUT2D eigenvalue weighted by atomic mass is 32.2. The van der Waals surface area contributed by atoms with Crippen molar-refractivity contribution in [1.82, 2.24) is 31.6 Å². The number of nitrogens with two attached hydrogens (primary N) is 1. The van der Waals surface area contributed by atoms with Crippen LogP contribution in [0.15, 0.2) is 30.5 Å². The van der Waals surface area contributed by atoms with Crippen molar-refractivity contribution >= 4 is 78.1 Å². The number of phosphoric acid groups is 1. The summed E-state index contributed by atoms with van der Waals surface area (Å²) in [7, 11) is -5.13. The number of aromatic amines is 1. The van der Waals surface area contributed by atoms with Gasteiger partial charge in [0.2, 0.25) is 29.5 Å². The minimum Gasteiger partial charge on any atom is -0.394 e. The molecule has 19 nitrogen and oxygen atoms in total. The Labute approximate surface area is 307 Å². The van der Waals surface area contributed by atoms with Crippen LogP contribution < -0.4 is 32.3 Å². The number of hydrogen-bond acceptors (Lipinski definition) is 13. The first-order valence-corrected chi connectivity index (χ1v) is 20.2. The van der Waals surface area contributed by atoms with Crippen molar-refractivity contribution < 1.29 is 57.9 Å². The zero-order valence-corrected chi connectivity index (χ0v) is 31.0. The number of phosphoric ester groups is 1. The topological polar surface area (TPSA) is 312 Å². The Morgan fingerprint density at radius 2 is 1.38 bits per heavy atom. The molecule has 0 radical (unpaired) electrons. The van der Waals surface area contributed by atoms with Crippen molar-refractivity contribution in [3.05, 3.63) is 36.0 Å². The third kappa shape index (κ3) is 14.8. The molecule has 0 spiro atoms. The number of aliphatic hydroxyl groups excluding tert-OH is 2. The maximum Gasteiger partial charge on any atom is 0.469 e. The van der Waals surface area contributed by atoms with E-state index in [4.69, 9.17) is 5.73 Å². The Morgan fingerprint density at radius 3 is 2.00 bits per heavy atom. The summed E-state index contributed by atoms with van der Waals surface area (Å²) >= 11 is 2.78. The van der Waals surface area contributed by atoms with E-state index in [2.05, 4.69) is 36.1 Å². The first-order valence-electron chi connectivity index (χ1n) is 15.8. The number of aromatic nitrogens is 1. The van der Waals surface area contributed by atoms with Gasteiger partial charge in [-0.25, -0.2) is 4.57 Å². The van der Waals surface area contributed by atoms with Crippen molar-refractivity contribution in [3.63, 3.8) is 0 Å². The molecule has 290 valence electrons. The molecular formula is C30H46N7O12PS2. The number of carbonyl (C=O) groups excluding carboxylic acids is 6. The van der Waals surface area contributed by atoms with Crippen molar-refractivity contribution in [1.29, 1.82) is 0 Å². The van der Waals surface area contributed by atoms with Crippen LogP contribution in [0.5, 0.6) is 0 Å². The summed E-state index contributed by atoms with van der Waals surface area (Å²) in [6.45, 7) is -2.73. The van der Waals surface area contributed by atoms with Gasteiger partial charge in [-0.3, -0.25) is 28.5 Å². The predicted octanol–water partition coefficient (Wildman–Crippen LogP) is -2.74. The van der Waals surface area contributed by atoms with Gasteiger partial charge in [-0.15, -0.1) is 0 Å². The zero-order chi connectivity index (χ0) is 38.8. The highest BCUT2D eigenvalue weighted by Crippen LogP contribution is 2.35. The lowest BCUT2D eigenvalue weighted by Gasteiger charge is -2.26. The molecule has 1 heterocycles. The number of nitrogens with one attached hydrogen (secondary N) is 6. The van der Waals surface area contributed by atoms with E-state index in [0.29, 0.717) is 23.4 Å². The summed E-state index contributed by atoms with van der Waals surface area (Å²) in [5, 5.41) is 32.0. The first-order chi connectivity index (χ1) is 24.7. The van der Waals surface area contributed by atoms with Crippen LogP contribution in [0.2, 0.25) is 0 Å². The number of thioether (sulfide) groups is 2. The Hall–Kier alpha value is -3.53. The van der Waals surface area contributed by atoms with E-state index >= 15 is 0 Å². The van der Waals surface area contributed by atoms with E-state index in [1.165, 1.54) is 23.5 Å². The molecule has 0 aliphatic rings. The van der Waals surface area contributed by atoms with Crippen LogP contribution in [0, 0.1) is 0 Å². The maximum absolute atomic E-state index is 13.8. The molecule has 0 bridgehead atoms. The third-order valence-corrected chi connectivity index (χ3v) is 9.27. The van der Waals surface area contributed by atoms with Gasteiger partial charge < -0.3 is 62.1 Å². The second kappa shape index (κ2) is 22.5. The summed E-state index contributed by atoms with van der Waals surface area (Å²) in [6, 6.07) is -1.30. The third-order valence-electron chi connectivity index (χ3n) is 7.49. The first kappa shape index (κ1) is 44.6. The van der Waals surface area contributed by atoms with Gasteiger partial charge in [0.25, 0.3) is 0 Å². The minimum absolute atomic E-state index is 0.127. The molecule has 1 aromatic heterocycles. The largest absolute Gasteiger partial charge is 0.469 e. The molecule has 0 saturated carbocycles. The van der Waals surface area contributed by atoms with Crippen molar-refractivity contribution in [3.8, 4) is 0 Å². The zero-order valence-electron chi connectivity index (χ0n) is 28.5. The number of benzene rings is 1. The van der Waals surface area contributed by atoms with Crippen LogP contribution >= 0.6 is 31.3 Å². The van der Waals surface area contributed by atoms with Gasteiger partial charge in [0.15, 0.2) is 0 Å². The second-order valence-corrected chi connectivity index (χ2v) is 14.6. The molecule has 22 heteroatoms. The van der Waals surface area contributed by atoms with Gasteiger partial charge >= 0.3 is 7.82 Å². The molecule has 0 aliphatic heterocycles. The minimum atomic E-state index is -5.13. The molecule has 1 aromatic carbocycles. The molecule has 0 saturated heterocycles. The van der Waals surface area contributed by atoms with Gasteiger partial charge in [-0.05, 0) is 48.5 Å². The fraction of sp³-hybridized carbons (Fsp3) is 0.533. The van der Waals surface area contributed by atoms with Gasteiger partial charge in [0.05, 0.1) is 25.9 Å². The van der Waals surface area contributed by atoms with E-state index in [9.17, 15) is 53.3 Å². The number of fused-ring (bicyclic) bond motifs is 1. The highest BCUT2D eigenvalue weighted by Gasteiger charge is 2.33. The van der Waals surface area contributed by atoms with Crippen molar-refractivity contribution in [2.24, 2.45) is 5.73 Å². The second-order valence-electron chi connectivity index (χ2n) is 11.4. The summed E-state index contributed by atoms with van der Waals surface area (Å²) in [4.78, 5) is 99.0. The Bertz CT molecular complexity index is 1560. The number of hydrogen-bond donors (Lipinski definition) is 11. The molecule has 52 heavy (non-hydrogen) atoms. The number of aliphatic hydroxyl groups is 2. The lowest BCUT2D eigenvalue weighted by molar-refractivity contribution is -0.135. The van der Waals surface area contributed by atoms with Crippen LogP contribution in [0.3, 0.4) is 0 Å². The van der Waals surface area contributed by atoms with Crippen LogP contribution in [0.1, 0.15) is 18.4 Å². The molecular weight excluding hydrogens is 745 g/mol. The summed E-state index contributed by atoms with van der Waals surface area (Å²) in [6.07, 6.45) is 5.84. The van der Waals surface area contributed by atoms with E-state index < -0.39 is 93.4 Å². The average Bonchev–Trinajstić information content (AvgIpc) is 3.53. The monoisotopic (exact) mass is 791 g/mol. The fourth-order valence-corrected chi connectivity index (χ4v) is 5.97. The van der Waals surface area contributed by atoms with E-state index in [0.717, 1.165) is 10.9 Å². The SMILES string of the molecule is CSCC[C@@H](C=O)NC(=O)[C@H](COP(=O)(O)O)NC(=O)[C@H](CO)NC(=O)[C@H](Cc1c[nH]c2ccccc12)NC(=O)[C@H](CCSC)NC(=O)[C@@H](N)CO. The normalized spacial score (nSPS) is 15.0. The molecule has 0 fully saturated rings. The van der Waals surface area contributed by atoms with Crippen LogP contribution in [-0.2, 0) is 44.3 Å². The summed E-state index contributed by atoms with van der Waals surface area (Å²) < 4.78 is 15.8. The Kier molecular flexibility index (Phi) is 19.3. The molecule has 0 unspecified atom stereocenters. The number of aldehydes is 1. The Balaban J connectivity index is 2.35. The van der Waals surface area contributed by atoms with E-state index in [1.807, 2.05) is 0 Å². The molecule has 5 amide bonds. The number of para-hydroxylation sites is 1. The lowest BCUT2D eigenvalue weighted by atomic mass is 10.0. The predicted molar refractivity (Wildman–Crippen MR) is 194 cm³/mol. The highest BCUT2D eigenvalue weighted by molar-refractivity contribution is 7.98. The molecule has 2 aromatic rings. The fourth-order valence-electron chi connectivity index (χ4n) is 4.66. The lowest BCUT2D eigenvalue weighted by Crippen LogP contribution is -2.60. The van der Waals surface area contributed by atoms with Crippen LogP contribution in [0.25, 0.3) is 10.9 Å². The number of H-pyrrole nitrogens is 1. The van der Waals surface area contributed by atoms with Gasteiger partial charge in [0, 0.05) is 23.5 Å². The summed E-state index contributed by atoms with van der Waals surface area (Å²) in [5.74, 6) is -3.84. The van der Waals surface area contributed by atoms with Gasteiger partial charge in [-0.1, -0.05) is 18.2 Å². The average molecular weight is 792 g/mol. The van der Waals surface area contributed by atoms with E-state index in [-0.39, 0.29) is 19.3 Å². The number of rotatable bonds is 24. The number of carbonyl (C=O) groups is 6. The molecule has 6 atom stereocenters. The van der Waals surface area contributed by atoms with Crippen molar-refractivity contribution in [2.45, 2.75) is 55.5 Å². The van der Waals surface area contributed by atoms with Crippen molar-refractivity contribution in [2.75, 3.05) is 43.8 Å². The standard InChI is InChI=1S/C30H46N7O12PS2/c1-51-9-7-18(13-38)33-30(45)25(16-49-50(46,47)48)37-29(44)24(15-40)36-28(43)23(11-17-12-32-21-6-4-3-5-19(17)21)35-27(42)22(8-10-52-2)34-26(41)20(31)14-39/h3-6,12-13,18,20,22-25,32,39-40H,7-11,14-16,31H2,1-2H3,(H,33,45)(H,34,41)(H,35,42)(H,36,43)(H,37,44)(H2,46,47,48)/t18-,20-,22-,23-,24-,25-/m0/s1. The maximum atomic E-state index is 13.8. The molecule has 0 aliphatic carbocycles. The smallest absolute Gasteiger partial charge is 0.394 e. The van der Waals surface area contributed by atoms with Gasteiger partial charge in [-0.2, -0.15) is 23.5 Å². The van der Waals surface area contributed by atoms with Gasteiger partial charge in [0.1, 0.15) is 36.5 Å². The van der Waals surface area contributed by atoms with Crippen LogP contribution in [-0.4, -0.2) is 141 Å². The molecule has 2 rings (SSSR count). The molecule has 12 N–H and O–H groups in total. The number of amides is 5. The van der Waals surface area contributed by atoms with Crippen LogP contribution in [0.4, 0.5) is 0 Å². The summed E-state index contributed by atoms with van der Waals surface area (Å²) in [5.41, 5.74) is 6.93. The Morgan fingerprint density at radius 1 is 0.827 bits per heavy atom. The quantitative estimate of drug-likeness (QED) is 0.0380. The van der Waals surface area contributed by atoms with E-state index in [1.54, 1.807) is 43.0 Å².